The van der Waals surface area contributed by atoms with Crippen LogP contribution in [0.4, 0.5) is 5.13 Å². The number of rotatable bonds is 4. The first kappa shape index (κ1) is 12.5. The second kappa shape index (κ2) is 5.60. The Balaban J connectivity index is 2.22. The molecule has 1 fully saturated rings. The predicted octanol–water partition coefficient (Wildman–Crippen LogP) is 2.48. The molecule has 1 atom stereocenters. The molecule has 5 heteroatoms. The average Bonchev–Trinajstić information content (AvgIpc) is 2.73. The van der Waals surface area contributed by atoms with Gasteiger partial charge in [-0.15, -0.1) is 0 Å². The van der Waals surface area contributed by atoms with Gasteiger partial charge in [-0.05, 0) is 26.2 Å². The zero-order valence-corrected chi connectivity index (χ0v) is 11.1. The lowest BCUT2D eigenvalue weighted by Crippen LogP contribution is -2.37. The fourth-order valence-electron chi connectivity index (χ4n) is 2.19. The van der Waals surface area contributed by atoms with Crippen molar-refractivity contribution < 1.29 is 9.53 Å². The maximum atomic E-state index is 11.0. The molecule has 0 saturated carbocycles. The van der Waals surface area contributed by atoms with E-state index in [9.17, 15) is 4.79 Å². The van der Waals surface area contributed by atoms with Gasteiger partial charge < -0.3 is 9.64 Å². The minimum absolute atomic E-state index is 0.410. The van der Waals surface area contributed by atoms with Crippen molar-refractivity contribution in [1.82, 2.24) is 4.98 Å². The molecule has 0 aliphatic carbocycles. The zero-order chi connectivity index (χ0) is 12.3. The van der Waals surface area contributed by atoms with Gasteiger partial charge in [-0.3, -0.25) is 4.79 Å². The number of carbonyl (C=O) groups is 1. The van der Waals surface area contributed by atoms with Gasteiger partial charge in [0, 0.05) is 19.7 Å². The first-order chi connectivity index (χ1) is 8.26. The Morgan fingerprint density at radius 2 is 2.41 bits per heavy atom. The number of ether oxygens (including phenoxy) is 1. The van der Waals surface area contributed by atoms with Gasteiger partial charge in [0.05, 0.1) is 17.2 Å². The van der Waals surface area contributed by atoms with Crippen LogP contribution in [0.15, 0.2) is 0 Å². The first-order valence-corrected chi connectivity index (χ1v) is 6.78. The van der Waals surface area contributed by atoms with Gasteiger partial charge in [0.1, 0.15) is 0 Å². The van der Waals surface area contributed by atoms with Gasteiger partial charge in [0.25, 0.3) is 0 Å². The summed E-state index contributed by atoms with van der Waals surface area (Å²) in [6.07, 6.45) is 4.58. The molecule has 0 radical (unpaired) electrons. The van der Waals surface area contributed by atoms with Crippen LogP contribution in [0, 0.1) is 0 Å². The lowest BCUT2D eigenvalue weighted by atomic mass is 10.1. The number of piperidine rings is 1. The number of anilines is 1. The van der Waals surface area contributed by atoms with E-state index in [2.05, 4.69) is 16.8 Å². The molecule has 2 rings (SSSR count). The van der Waals surface area contributed by atoms with Crippen LogP contribution < -0.4 is 4.90 Å². The van der Waals surface area contributed by atoms with E-state index in [0.717, 1.165) is 23.7 Å². The Kier molecular flexibility index (Phi) is 4.12. The molecule has 0 bridgehead atoms. The summed E-state index contributed by atoms with van der Waals surface area (Å²) in [6, 6.07) is 0.518. The molecule has 17 heavy (non-hydrogen) atoms. The summed E-state index contributed by atoms with van der Waals surface area (Å²) in [4.78, 5) is 18.5. The third-order valence-electron chi connectivity index (χ3n) is 3.15. The molecule has 1 saturated heterocycles. The zero-order valence-electron chi connectivity index (χ0n) is 10.3. The molecule has 0 spiro atoms. The maximum absolute atomic E-state index is 11.0. The topological polar surface area (TPSA) is 42.4 Å². The number of methoxy groups -OCH3 is 1. The second-order valence-electron chi connectivity index (χ2n) is 4.40. The van der Waals surface area contributed by atoms with Gasteiger partial charge >= 0.3 is 0 Å². The van der Waals surface area contributed by atoms with E-state index in [1.807, 2.05) is 0 Å². The second-order valence-corrected chi connectivity index (χ2v) is 5.41. The van der Waals surface area contributed by atoms with Crippen LogP contribution in [0.3, 0.4) is 0 Å². The summed E-state index contributed by atoms with van der Waals surface area (Å²) < 4.78 is 5.06. The molecule has 1 aromatic rings. The van der Waals surface area contributed by atoms with E-state index in [0.29, 0.717) is 17.5 Å². The monoisotopic (exact) mass is 254 g/mol. The van der Waals surface area contributed by atoms with E-state index in [-0.39, 0.29) is 0 Å². The highest BCUT2D eigenvalue weighted by Gasteiger charge is 2.22. The Morgan fingerprint density at radius 1 is 1.59 bits per heavy atom. The Labute approximate surface area is 106 Å². The smallest absolute Gasteiger partial charge is 0.186 e. The highest BCUT2D eigenvalue weighted by Crippen LogP contribution is 2.30. The van der Waals surface area contributed by atoms with Crippen LogP contribution in [-0.2, 0) is 11.3 Å². The fraction of sp³-hybridized carbons (Fsp3) is 0.667. The molecule has 94 valence electrons. The summed E-state index contributed by atoms with van der Waals surface area (Å²) in [5.74, 6) is 0. The molecular formula is C12H18N2O2S. The van der Waals surface area contributed by atoms with Gasteiger partial charge in [-0.1, -0.05) is 11.3 Å². The van der Waals surface area contributed by atoms with Crippen molar-refractivity contribution in [3.8, 4) is 0 Å². The molecule has 0 N–H and O–H groups in total. The van der Waals surface area contributed by atoms with E-state index >= 15 is 0 Å². The van der Waals surface area contributed by atoms with Crippen LogP contribution >= 0.6 is 11.3 Å². The molecule has 1 aliphatic rings. The summed E-state index contributed by atoms with van der Waals surface area (Å²) in [7, 11) is 1.62. The highest BCUT2D eigenvalue weighted by atomic mass is 32.1. The van der Waals surface area contributed by atoms with Crippen LogP contribution in [0.2, 0.25) is 0 Å². The lowest BCUT2D eigenvalue weighted by Gasteiger charge is -2.33. The minimum Gasteiger partial charge on any atom is -0.378 e. The van der Waals surface area contributed by atoms with Gasteiger partial charge in [-0.2, -0.15) is 0 Å². The van der Waals surface area contributed by atoms with E-state index in [1.165, 1.54) is 30.6 Å². The van der Waals surface area contributed by atoms with Crippen molar-refractivity contribution in [1.29, 1.82) is 0 Å². The summed E-state index contributed by atoms with van der Waals surface area (Å²) in [6.45, 7) is 3.67. The van der Waals surface area contributed by atoms with Crippen LogP contribution in [-0.4, -0.2) is 31.0 Å². The molecule has 4 nitrogen and oxygen atoms in total. The van der Waals surface area contributed by atoms with Gasteiger partial charge in [0.2, 0.25) is 0 Å². The molecular weight excluding hydrogens is 236 g/mol. The summed E-state index contributed by atoms with van der Waals surface area (Å²) in [5, 5.41) is 0.964. The van der Waals surface area contributed by atoms with Crippen molar-refractivity contribution in [2.24, 2.45) is 0 Å². The van der Waals surface area contributed by atoms with Crippen molar-refractivity contribution in [2.75, 3.05) is 18.6 Å². The molecule has 1 unspecified atom stereocenters. The van der Waals surface area contributed by atoms with Gasteiger partial charge in [0.15, 0.2) is 11.4 Å². The van der Waals surface area contributed by atoms with E-state index in [1.54, 1.807) is 7.11 Å². The average molecular weight is 254 g/mol. The van der Waals surface area contributed by atoms with E-state index in [4.69, 9.17) is 4.74 Å². The molecule has 1 aliphatic heterocycles. The van der Waals surface area contributed by atoms with Crippen LogP contribution in [0.25, 0.3) is 0 Å². The fourth-order valence-corrected chi connectivity index (χ4v) is 3.20. The Hall–Kier alpha value is -0.940. The van der Waals surface area contributed by atoms with Crippen LogP contribution in [0.5, 0.6) is 0 Å². The third-order valence-corrected chi connectivity index (χ3v) is 4.21. The number of hydrogen-bond donors (Lipinski definition) is 0. The molecule has 0 amide bonds. The summed E-state index contributed by atoms with van der Waals surface area (Å²) in [5.41, 5.74) is 0.764. The SMILES string of the molecule is COCc1nc(N2CCCCC2C)sc1C=O. The Morgan fingerprint density at radius 3 is 3.06 bits per heavy atom. The van der Waals surface area contributed by atoms with Gasteiger partial charge in [-0.25, -0.2) is 4.98 Å². The normalized spacial score (nSPS) is 20.6. The summed E-state index contributed by atoms with van der Waals surface area (Å²) >= 11 is 1.48. The van der Waals surface area contributed by atoms with Crippen molar-refractivity contribution >= 4 is 22.8 Å². The van der Waals surface area contributed by atoms with Crippen molar-refractivity contribution in [3.63, 3.8) is 0 Å². The standard InChI is InChI=1S/C12H18N2O2S/c1-9-5-3-4-6-14(9)12-13-10(8-16-2)11(7-15)17-12/h7,9H,3-6,8H2,1-2H3. The van der Waals surface area contributed by atoms with E-state index < -0.39 is 0 Å². The highest BCUT2D eigenvalue weighted by molar-refractivity contribution is 7.17. The Bertz CT molecular complexity index is 392. The molecule has 1 aromatic heterocycles. The minimum atomic E-state index is 0.410. The number of hydrogen-bond acceptors (Lipinski definition) is 5. The number of nitrogens with zero attached hydrogens (tertiary/aromatic N) is 2. The van der Waals surface area contributed by atoms with Crippen LogP contribution in [0.1, 0.15) is 41.6 Å². The number of aromatic nitrogens is 1. The number of aldehydes is 1. The quantitative estimate of drug-likeness (QED) is 0.774. The van der Waals surface area contributed by atoms with Crippen molar-refractivity contribution in [3.05, 3.63) is 10.6 Å². The third kappa shape index (κ3) is 2.66. The first-order valence-electron chi connectivity index (χ1n) is 5.96. The molecule has 0 aromatic carbocycles. The number of thiazole rings is 1. The van der Waals surface area contributed by atoms with Crippen molar-refractivity contribution in [2.45, 2.75) is 38.8 Å². The maximum Gasteiger partial charge on any atom is 0.186 e. The predicted molar refractivity (Wildman–Crippen MR) is 68.9 cm³/mol. The molecule has 2 heterocycles. The lowest BCUT2D eigenvalue weighted by molar-refractivity contribution is 0.112. The largest absolute Gasteiger partial charge is 0.378 e. The number of carbonyl (C=O) groups excluding carboxylic acids is 1.